The van der Waals surface area contributed by atoms with Crippen molar-refractivity contribution in [3.63, 3.8) is 0 Å². The van der Waals surface area contributed by atoms with E-state index in [-0.39, 0.29) is 12.1 Å². The highest BCUT2D eigenvalue weighted by molar-refractivity contribution is 5.73. The van der Waals surface area contributed by atoms with Gasteiger partial charge in [-0.15, -0.1) is 0 Å². The molecule has 2 heterocycles. The summed E-state index contributed by atoms with van der Waals surface area (Å²) in [4.78, 5) is 18.1. The zero-order valence-electron chi connectivity index (χ0n) is 12.6. The zero-order valence-corrected chi connectivity index (χ0v) is 12.6. The minimum atomic E-state index is -0.667. The first kappa shape index (κ1) is 14.5. The Bertz CT molecular complexity index is 491. The molecule has 1 saturated heterocycles. The van der Waals surface area contributed by atoms with E-state index in [1.54, 1.807) is 12.4 Å². The second kappa shape index (κ2) is 6.14. The number of hydrogen-bond acceptors (Lipinski definition) is 3. The Morgan fingerprint density at radius 2 is 1.95 bits per heavy atom. The summed E-state index contributed by atoms with van der Waals surface area (Å²) in [5.41, 5.74) is 1.17. The van der Waals surface area contributed by atoms with Crippen molar-refractivity contribution in [3.05, 3.63) is 30.1 Å². The van der Waals surface area contributed by atoms with E-state index in [0.29, 0.717) is 12.0 Å². The molecule has 0 aromatic carbocycles. The van der Waals surface area contributed by atoms with Crippen LogP contribution in [0.3, 0.4) is 0 Å². The Morgan fingerprint density at radius 1 is 1.24 bits per heavy atom. The van der Waals surface area contributed by atoms with E-state index in [0.717, 1.165) is 19.3 Å². The van der Waals surface area contributed by atoms with Crippen molar-refractivity contribution < 1.29 is 9.90 Å². The minimum Gasteiger partial charge on any atom is -0.480 e. The molecule has 0 spiro atoms. The molecule has 4 heteroatoms. The Morgan fingerprint density at radius 3 is 2.67 bits per heavy atom. The summed E-state index contributed by atoms with van der Waals surface area (Å²) >= 11 is 0. The van der Waals surface area contributed by atoms with Gasteiger partial charge >= 0.3 is 5.97 Å². The fourth-order valence-corrected chi connectivity index (χ4v) is 4.29. The average molecular weight is 288 g/mol. The first-order chi connectivity index (χ1) is 10.2. The SMILES string of the molecule is CC(c1ccncc1)N1C(C(=O)O)CCC2CCCCC21. The van der Waals surface area contributed by atoms with E-state index in [1.807, 2.05) is 12.1 Å². The number of piperidine rings is 1. The lowest BCUT2D eigenvalue weighted by molar-refractivity contribution is -0.150. The molecule has 1 aromatic heterocycles. The molecule has 114 valence electrons. The highest BCUT2D eigenvalue weighted by Crippen LogP contribution is 2.42. The van der Waals surface area contributed by atoms with Crippen molar-refractivity contribution in [1.29, 1.82) is 0 Å². The van der Waals surface area contributed by atoms with Crippen LogP contribution in [-0.4, -0.2) is 33.0 Å². The fraction of sp³-hybridized carbons (Fsp3) is 0.647. The molecule has 0 radical (unpaired) electrons. The van der Waals surface area contributed by atoms with Gasteiger partial charge in [0.2, 0.25) is 0 Å². The van der Waals surface area contributed by atoms with Crippen LogP contribution in [-0.2, 0) is 4.79 Å². The Kier molecular flexibility index (Phi) is 4.24. The van der Waals surface area contributed by atoms with Crippen molar-refractivity contribution in [3.8, 4) is 0 Å². The molecule has 1 saturated carbocycles. The lowest BCUT2D eigenvalue weighted by atomic mass is 9.75. The van der Waals surface area contributed by atoms with Gasteiger partial charge < -0.3 is 5.11 Å². The molecular formula is C17H24N2O2. The summed E-state index contributed by atoms with van der Waals surface area (Å²) in [6.07, 6.45) is 10.4. The predicted octanol–water partition coefficient (Wildman–Crippen LogP) is 3.25. The summed E-state index contributed by atoms with van der Waals surface area (Å²) in [6, 6.07) is 4.25. The smallest absolute Gasteiger partial charge is 0.320 e. The molecule has 2 aliphatic rings. The van der Waals surface area contributed by atoms with Gasteiger partial charge in [0.1, 0.15) is 6.04 Å². The van der Waals surface area contributed by atoms with Crippen LogP contribution in [0.2, 0.25) is 0 Å². The van der Waals surface area contributed by atoms with E-state index >= 15 is 0 Å². The largest absolute Gasteiger partial charge is 0.480 e. The van der Waals surface area contributed by atoms with Crippen molar-refractivity contribution >= 4 is 5.97 Å². The zero-order chi connectivity index (χ0) is 14.8. The topological polar surface area (TPSA) is 53.4 Å². The van der Waals surface area contributed by atoms with Gasteiger partial charge in [-0.05, 0) is 56.2 Å². The molecule has 0 amide bonds. The van der Waals surface area contributed by atoms with Gasteiger partial charge in [-0.3, -0.25) is 14.7 Å². The lowest BCUT2D eigenvalue weighted by Crippen LogP contribution is -2.55. The monoisotopic (exact) mass is 288 g/mol. The summed E-state index contributed by atoms with van der Waals surface area (Å²) < 4.78 is 0. The highest BCUT2D eigenvalue weighted by atomic mass is 16.4. The molecule has 1 aliphatic heterocycles. The predicted molar refractivity (Wildman–Crippen MR) is 80.9 cm³/mol. The maximum atomic E-state index is 11.7. The fourth-order valence-electron chi connectivity index (χ4n) is 4.29. The van der Waals surface area contributed by atoms with Gasteiger partial charge in [0.25, 0.3) is 0 Å². The van der Waals surface area contributed by atoms with Crippen LogP contribution in [0, 0.1) is 5.92 Å². The van der Waals surface area contributed by atoms with Gasteiger partial charge in [-0.2, -0.15) is 0 Å². The van der Waals surface area contributed by atoms with E-state index in [9.17, 15) is 9.90 Å². The van der Waals surface area contributed by atoms with Crippen LogP contribution in [0.25, 0.3) is 0 Å². The third kappa shape index (κ3) is 2.82. The Labute approximate surface area is 126 Å². The first-order valence-corrected chi connectivity index (χ1v) is 8.08. The summed E-state index contributed by atoms with van der Waals surface area (Å²) in [5.74, 6) is 0.0126. The first-order valence-electron chi connectivity index (χ1n) is 8.08. The molecule has 3 rings (SSSR count). The number of carbonyl (C=O) groups is 1. The van der Waals surface area contributed by atoms with Crippen LogP contribution in [0.15, 0.2) is 24.5 Å². The number of rotatable bonds is 3. The van der Waals surface area contributed by atoms with E-state index in [1.165, 1.54) is 24.8 Å². The van der Waals surface area contributed by atoms with Gasteiger partial charge in [0.05, 0.1) is 0 Å². The van der Waals surface area contributed by atoms with Crippen molar-refractivity contribution in [1.82, 2.24) is 9.88 Å². The van der Waals surface area contributed by atoms with Crippen molar-refractivity contribution in [2.24, 2.45) is 5.92 Å². The minimum absolute atomic E-state index is 0.139. The Hall–Kier alpha value is -1.42. The van der Waals surface area contributed by atoms with Crippen LogP contribution >= 0.6 is 0 Å². The number of likely N-dealkylation sites (tertiary alicyclic amines) is 1. The average Bonchev–Trinajstić information content (AvgIpc) is 2.53. The van der Waals surface area contributed by atoms with E-state index in [4.69, 9.17) is 0 Å². The van der Waals surface area contributed by atoms with Crippen LogP contribution in [0.4, 0.5) is 0 Å². The summed E-state index contributed by atoms with van der Waals surface area (Å²) in [7, 11) is 0. The number of carboxylic acid groups (broad SMARTS) is 1. The second-order valence-corrected chi connectivity index (χ2v) is 6.45. The lowest BCUT2D eigenvalue weighted by Gasteiger charge is -2.50. The summed E-state index contributed by atoms with van der Waals surface area (Å²) in [6.45, 7) is 2.14. The molecule has 0 bridgehead atoms. The standard InChI is InChI=1S/C17H24N2O2/c1-12(13-8-10-18-11-9-13)19-15-5-3-2-4-14(15)6-7-16(19)17(20)21/h8-12,14-16H,2-7H2,1H3,(H,20,21). The van der Waals surface area contributed by atoms with Gasteiger partial charge in [-0.25, -0.2) is 0 Å². The van der Waals surface area contributed by atoms with Gasteiger partial charge in [-0.1, -0.05) is 12.8 Å². The number of aromatic nitrogens is 1. The molecule has 1 N–H and O–H groups in total. The van der Waals surface area contributed by atoms with Crippen LogP contribution < -0.4 is 0 Å². The number of fused-ring (bicyclic) bond motifs is 1. The molecule has 2 fully saturated rings. The molecule has 1 aliphatic carbocycles. The molecule has 4 nitrogen and oxygen atoms in total. The van der Waals surface area contributed by atoms with Gasteiger partial charge in [0.15, 0.2) is 0 Å². The number of aliphatic carboxylic acids is 1. The maximum Gasteiger partial charge on any atom is 0.320 e. The van der Waals surface area contributed by atoms with Crippen LogP contribution in [0.1, 0.15) is 57.1 Å². The Balaban J connectivity index is 1.90. The summed E-state index contributed by atoms with van der Waals surface area (Å²) in [5, 5.41) is 9.64. The van der Waals surface area contributed by atoms with Crippen molar-refractivity contribution in [2.45, 2.75) is 63.6 Å². The van der Waals surface area contributed by atoms with Crippen LogP contribution in [0.5, 0.6) is 0 Å². The molecule has 1 aromatic rings. The molecule has 21 heavy (non-hydrogen) atoms. The second-order valence-electron chi connectivity index (χ2n) is 6.45. The van der Waals surface area contributed by atoms with E-state index < -0.39 is 5.97 Å². The third-order valence-corrected chi connectivity index (χ3v) is 5.34. The number of pyridine rings is 1. The number of hydrogen-bond donors (Lipinski definition) is 1. The number of carboxylic acids is 1. The maximum absolute atomic E-state index is 11.7. The normalized spacial score (nSPS) is 31.4. The quantitative estimate of drug-likeness (QED) is 0.927. The van der Waals surface area contributed by atoms with Gasteiger partial charge in [0, 0.05) is 24.5 Å². The molecule has 4 atom stereocenters. The molecular weight excluding hydrogens is 264 g/mol. The third-order valence-electron chi connectivity index (χ3n) is 5.34. The van der Waals surface area contributed by atoms with E-state index in [2.05, 4.69) is 16.8 Å². The highest BCUT2D eigenvalue weighted by Gasteiger charge is 2.43. The molecule has 4 unspecified atom stereocenters. The van der Waals surface area contributed by atoms with Crippen molar-refractivity contribution in [2.75, 3.05) is 0 Å². The number of nitrogens with zero attached hydrogens (tertiary/aromatic N) is 2.